The Kier molecular flexibility index (Phi) is 6.10. The minimum Gasteiger partial charge on any atom is -0.507 e. The molecule has 0 fully saturated rings. The van der Waals surface area contributed by atoms with E-state index in [0.717, 1.165) is 3.57 Å². The Morgan fingerprint density at radius 2 is 1.84 bits per heavy atom. The topological polar surface area (TPSA) is 49.3 Å². The molecule has 1 rings (SSSR count). The van der Waals surface area contributed by atoms with E-state index in [0.29, 0.717) is 29.9 Å². The van der Waals surface area contributed by atoms with Gasteiger partial charge in [-0.2, -0.15) is 0 Å². The van der Waals surface area contributed by atoms with Gasteiger partial charge in [0.05, 0.1) is 5.56 Å². The lowest BCUT2D eigenvalue weighted by Gasteiger charge is -2.25. The van der Waals surface area contributed by atoms with Crippen molar-refractivity contribution in [2.24, 2.45) is 17.8 Å². The minimum atomic E-state index is -0.206. The average Bonchev–Trinajstić information content (AvgIpc) is 2.31. The van der Waals surface area contributed by atoms with Crippen molar-refractivity contribution in [3.63, 3.8) is 0 Å². The molecule has 3 nitrogen and oxygen atoms in total. The summed E-state index contributed by atoms with van der Waals surface area (Å²) in [6.45, 7) is 9.30. The number of carbonyl (C=O) groups excluding carboxylic acids is 1. The summed E-state index contributed by atoms with van der Waals surface area (Å²) in [6.07, 6.45) is 0. The number of halogens is 1. The van der Waals surface area contributed by atoms with Crippen molar-refractivity contribution in [1.82, 2.24) is 5.32 Å². The predicted octanol–water partition coefficient (Wildman–Crippen LogP) is 3.65. The van der Waals surface area contributed by atoms with Crippen LogP contribution in [0.25, 0.3) is 0 Å². The molecule has 0 unspecified atom stereocenters. The summed E-state index contributed by atoms with van der Waals surface area (Å²) < 4.78 is 0.935. The Balaban J connectivity index is 2.72. The van der Waals surface area contributed by atoms with Gasteiger partial charge >= 0.3 is 0 Å². The number of hydrogen-bond donors (Lipinski definition) is 2. The van der Waals surface area contributed by atoms with E-state index in [2.05, 4.69) is 55.6 Å². The molecule has 0 aliphatic carbocycles. The normalized spacial score (nSPS) is 11.4. The maximum atomic E-state index is 12.1. The van der Waals surface area contributed by atoms with Crippen LogP contribution in [0.15, 0.2) is 18.2 Å². The second-order valence-electron chi connectivity index (χ2n) is 5.52. The molecule has 0 atom stereocenters. The molecule has 0 aliphatic heterocycles. The monoisotopic (exact) mass is 375 g/mol. The first kappa shape index (κ1) is 16.3. The molecule has 0 aromatic heterocycles. The molecule has 1 amide bonds. The smallest absolute Gasteiger partial charge is 0.255 e. The van der Waals surface area contributed by atoms with Crippen molar-refractivity contribution in [2.75, 3.05) is 6.54 Å². The standard InChI is InChI=1S/C15H22INO2/c1-9(2)13(10(3)4)8-17-15(19)12-7-11(16)5-6-14(12)18/h5-7,9-10,13,18H,8H2,1-4H3,(H,17,19). The van der Waals surface area contributed by atoms with E-state index in [4.69, 9.17) is 0 Å². The number of phenolic OH excluding ortho intramolecular Hbond substituents is 1. The van der Waals surface area contributed by atoms with Gasteiger partial charge in [-0.15, -0.1) is 0 Å². The molecule has 1 aromatic carbocycles. The predicted molar refractivity (Wildman–Crippen MR) is 86.3 cm³/mol. The first-order valence-electron chi connectivity index (χ1n) is 6.59. The van der Waals surface area contributed by atoms with Gasteiger partial charge in [0.15, 0.2) is 0 Å². The van der Waals surface area contributed by atoms with Crippen LogP contribution in [-0.2, 0) is 0 Å². The largest absolute Gasteiger partial charge is 0.507 e. The van der Waals surface area contributed by atoms with Crippen molar-refractivity contribution < 1.29 is 9.90 Å². The van der Waals surface area contributed by atoms with Gasteiger partial charge in [-0.1, -0.05) is 27.7 Å². The summed E-state index contributed by atoms with van der Waals surface area (Å²) >= 11 is 2.13. The highest BCUT2D eigenvalue weighted by molar-refractivity contribution is 14.1. The number of phenols is 1. The van der Waals surface area contributed by atoms with Crippen LogP contribution in [0.3, 0.4) is 0 Å². The first-order valence-corrected chi connectivity index (χ1v) is 7.67. The van der Waals surface area contributed by atoms with E-state index in [1.165, 1.54) is 0 Å². The van der Waals surface area contributed by atoms with Crippen molar-refractivity contribution in [2.45, 2.75) is 27.7 Å². The maximum absolute atomic E-state index is 12.1. The summed E-state index contributed by atoms with van der Waals surface area (Å²) in [5, 5.41) is 12.7. The molecule has 106 valence electrons. The molecule has 19 heavy (non-hydrogen) atoms. The lowest BCUT2D eigenvalue weighted by Crippen LogP contribution is -2.34. The molecular formula is C15H22INO2. The van der Waals surface area contributed by atoms with Crippen LogP contribution in [0.5, 0.6) is 5.75 Å². The fourth-order valence-electron chi connectivity index (χ4n) is 2.24. The third kappa shape index (κ3) is 4.67. The quantitative estimate of drug-likeness (QED) is 0.772. The lowest BCUT2D eigenvalue weighted by molar-refractivity contribution is 0.0934. The minimum absolute atomic E-state index is 0.0311. The molecular weight excluding hydrogens is 353 g/mol. The molecule has 0 radical (unpaired) electrons. The molecule has 0 bridgehead atoms. The van der Waals surface area contributed by atoms with E-state index in [9.17, 15) is 9.90 Å². The van der Waals surface area contributed by atoms with Crippen LogP contribution in [0.4, 0.5) is 0 Å². The van der Waals surface area contributed by atoms with Crippen LogP contribution >= 0.6 is 22.6 Å². The number of carbonyl (C=O) groups is 1. The van der Waals surface area contributed by atoms with Gasteiger partial charge in [0.1, 0.15) is 5.75 Å². The summed E-state index contributed by atoms with van der Waals surface area (Å²) in [6, 6.07) is 5.03. The number of benzene rings is 1. The van der Waals surface area contributed by atoms with Gasteiger partial charge in [-0.25, -0.2) is 0 Å². The van der Waals surface area contributed by atoms with Gasteiger partial charge in [0, 0.05) is 10.1 Å². The molecule has 0 aliphatic rings. The number of rotatable bonds is 5. The Labute approximate surface area is 128 Å². The maximum Gasteiger partial charge on any atom is 0.255 e. The van der Waals surface area contributed by atoms with Crippen LogP contribution in [-0.4, -0.2) is 17.6 Å². The van der Waals surface area contributed by atoms with Crippen molar-refractivity contribution in [3.8, 4) is 5.75 Å². The second-order valence-corrected chi connectivity index (χ2v) is 6.77. The van der Waals surface area contributed by atoms with Gasteiger partial charge in [0.25, 0.3) is 5.91 Å². The Morgan fingerprint density at radius 1 is 1.26 bits per heavy atom. The zero-order valence-corrected chi connectivity index (χ0v) is 14.1. The highest BCUT2D eigenvalue weighted by atomic mass is 127. The lowest BCUT2D eigenvalue weighted by atomic mass is 9.85. The molecule has 2 N–H and O–H groups in total. The third-order valence-electron chi connectivity index (χ3n) is 3.41. The van der Waals surface area contributed by atoms with Crippen LogP contribution < -0.4 is 5.32 Å². The summed E-state index contributed by atoms with van der Waals surface area (Å²) in [4.78, 5) is 12.1. The summed E-state index contributed by atoms with van der Waals surface area (Å²) in [5.74, 6) is 1.30. The van der Waals surface area contributed by atoms with Crippen LogP contribution in [0.1, 0.15) is 38.1 Å². The Hall–Kier alpha value is -0.780. The highest BCUT2D eigenvalue weighted by Crippen LogP contribution is 2.21. The second kappa shape index (κ2) is 7.12. The van der Waals surface area contributed by atoms with Crippen LogP contribution in [0.2, 0.25) is 0 Å². The van der Waals surface area contributed by atoms with E-state index in [-0.39, 0.29) is 11.7 Å². The summed E-state index contributed by atoms with van der Waals surface area (Å²) in [7, 11) is 0. The van der Waals surface area contributed by atoms with E-state index < -0.39 is 0 Å². The molecule has 1 aromatic rings. The van der Waals surface area contributed by atoms with E-state index in [1.54, 1.807) is 18.2 Å². The Bertz CT molecular complexity index is 436. The van der Waals surface area contributed by atoms with E-state index >= 15 is 0 Å². The number of hydrogen-bond acceptors (Lipinski definition) is 2. The number of nitrogens with one attached hydrogen (secondary N) is 1. The first-order chi connectivity index (χ1) is 8.82. The molecule has 0 heterocycles. The van der Waals surface area contributed by atoms with Crippen molar-refractivity contribution in [3.05, 3.63) is 27.3 Å². The fourth-order valence-corrected chi connectivity index (χ4v) is 2.73. The molecule has 0 saturated heterocycles. The Morgan fingerprint density at radius 3 is 2.37 bits per heavy atom. The van der Waals surface area contributed by atoms with Gasteiger partial charge in [0.2, 0.25) is 0 Å². The SMILES string of the molecule is CC(C)C(CNC(=O)c1cc(I)ccc1O)C(C)C. The molecule has 4 heteroatoms. The zero-order chi connectivity index (χ0) is 14.6. The average molecular weight is 375 g/mol. The molecule has 0 saturated carbocycles. The van der Waals surface area contributed by atoms with Gasteiger partial charge < -0.3 is 10.4 Å². The molecule has 0 spiro atoms. The zero-order valence-electron chi connectivity index (χ0n) is 11.9. The summed E-state index contributed by atoms with van der Waals surface area (Å²) in [5.41, 5.74) is 0.346. The van der Waals surface area contributed by atoms with Gasteiger partial charge in [-0.05, 0) is 58.5 Å². The highest BCUT2D eigenvalue weighted by Gasteiger charge is 2.19. The number of aromatic hydroxyl groups is 1. The third-order valence-corrected chi connectivity index (χ3v) is 4.09. The van der Waals surface area contributed by atoms with E-state index in [1.807, 2.05) is 0 Å². The number of amides is 1. The van der Waals surface area contributed by atoms with Crippen LogP contribution in [0, 0.1) is 21.3 Å². The van der Waals surface area contributed by atoms with Crippen molar-refractivity contribution >= 4 is 28.5 Å². The van der Waals surface area contributed by atoms with Crippen molar-refractivity contribution in [1.29, 1.82) is 0 Å². The fraction of sp³-hybridized carbons (Fsp3) is 0.533. The van der Waals surface area contributed by atoms with Gasteiger partial charge in [-0.3, -0.25) is 4.79 Å².